The van der Waals surface area contributed by atoms with E-state index in [4.69, 9.17) is 33.7 Å². The van der Waals surface area contributed by atoms with E-state index in [0.717, 1.165) is 31.6 Å². The molecule has 0 radical (unpaired) electrons. The van der Waals surface area contributed by atoms with Crippen LogP contribution < -0.4 is 5.73 Å². The molecule has 1 fully saturated rings. The summed E-state index contributed by atoms with van der Waals surface area (Å²) in [7, 11) is 0. The molecule has 2 N–H and O–H groups in total. The van der Waals surface area contributed by atoms with Crippen molar-refractivity contribution in [1.82, 2.24) is 0 Å². The minimum Gasteiger partial charge on any atom is -0.381 e. The highest BCUT2D eigenvalue weighted by molar-refractivity contribution is 6.33. The molecule has 17 heavy (non-hydrogen) atoms. The van der Waals surface area contributed by atoms with Gasteiger partial charge >= 0.3 is 0 Å². The number of hydrogen-bond donors (Lipinski definition) is 1. The zero-order valence-electron chi connectivity index (χ0n) is 9.36. The SMILES string of the molecule is Cl.N[C@@H](c1cc(Cl)ccc1Cl)C1CCOCC1. The van der Waals surface area contributed by atoms with Crippen LogP contribution in [0.4, 0.5) is 0 Å². The first-order valence-electron chi connectivity index (χ1n) is 5.47. The second kappa shape index (κ2) is 6.81. The van der Waals surface area contributed by atoms with E-state index in [0.29, 0.717) is 16.0 Å². The van der Waals surface area contributed by atoms with Crippen LogP contribution in [0.15, 0.2) is 18.2 Å². The summed E-state index contributed by atoms with van der Waals surface area (Å²) in [4.78, 5) is 0. The minimum atomic E-state index is -0.0462. The molecule has 2 nitrogen and oxygen atoms in total. The van der Waals surface area contributed by atoms with Gasteiger partial charge in [0.05, 0.1) is 0 Å². The quantitative estimate of drug-likeness (QED) is 0.900. The average Bonchev–Trinajstić information content (AvgIpc) is 2.32. The smallest absolute Gasteiger partial charge is 0.0469 e. The van der Waals surface area contributed by atoms with Crippen molar-refractivity contribution in [3.8, 4) is 0 Å². The van der Waals surface area contributed by atoms with Gasteiger partial charge in [0.2, 0.25) is 0 Å². The van der Waals surface area contributed by atoms with Gasteiger partial charge in [0.25, 0.3) is 0 Å². The molecule has 0 bridgehead atoms. The van der Waals surface area contributed by atoms with Crippen molar-refractivity contribution in [3.05, 3.63) is 33.8 Å². The lowest BCUT2D eigenvalue weighted by Gasteiger charge is -2.28. The number of nitrogens with two attached hydrogens (primary N) is 1. The fourth-order valence-electron chi connectivity index (χ4n) is 2.10. The fraction of sp³-hybridized carbons (Fsp3) is 0.500. The van der Waals surface area contributed by atoms with Crippen molar-refractivity contribution < 1.29 is 4.74 Å². The molecule has 0 unspecified atom stereocenters. The number of rotatable bonds is 2. The summed E-state index contributed by atoms with van der Waals surface area (Å²) in [5.74, 6) is 0.435. The van der Waals surface area contributed by atoms with Gasteiger partial charge in [0.15, 0.2) is 0 Å². The zero-order valence-corrected chi connectivity index (χ0v) is 11.7. The van der Waals surface area contributed by atoms with Crippen molar-refractivity contribution in [2.75, 3.05) is 13.2 Å². The van der Waals surface area contributed by atoms with E-state index in [-0.39, 0.29) is 18.4 Å². The molecule has 1 aromatic carbocycles. The molecule has 0 aromatic heterocycles. The van der Waals surface area contributed by atoms with Crippen molar-refractivity contribution in [2.24, 2.45) is 11.7 Å². The first-order valence-corrected chi connectivity index (χ1v) is 6.22. The molecule has 1 atom stereocenters. The number of benzene rings is 1. The third kappa shape index (κ3) is 3.73. The zero-order chi connectivity index (χ0) is 11.5. The number of ether oxygens (including phenoxy) is 1. The second-order valence-electron chi connectivity index (χ2n) is 4.14. The number of hydrogen-bond acceptors (Lipinski definition) is 2. The van der Waals surface area contributed by atoms with Crippen LogP contribution in [0.25, 0.3) is 0 Å². The third-order valence-corrected chi connectivity index (χ3v) is 3.67. The first kappa shape index (κ1) is 15.1. The van der Waals surface area contributed by atoms with Crippen molar-refractivity contribution >= 4 is 35.6 Å². The minimum absolute atomic E-state index is 0. The summed E-state index contributed by atoms with van der Waals surface area (Å²) in [5.41, 5.74) is 7.19. The van der Waals surface area contributed by atoms with Gasteiger partial charge in [-0.25, -0.2) is 0 Å². The Morgan fingerprint density at radius 2 is 1.88 bits per heavy atom. The van der Waals surface area contributed by atoms with Gasteiger partial charge in [-0.05, 0) is 42.5 Å². The van der Waals surface area contributed by atoms with Gasteiger partial charge in [-0.3, -0.25) is 0 Å². The van der Waals surface area contributed by atoms with E-state index < -0.39 is 0 Å². The molecule has 1 aliphatic heterocycles. The molecular formula is C12H16Cl3NO. The molecule has 0 spiro atoms. The van der Waals surface area contributed by atoms with E-state index in [1.165, 1.54) is 0 Å². The van der Waals surface area contributed by atoms with Gasteiger partial charge in [-0.2, -0.15) is 0 Å². The Morgan fingerprint density at radius 1 is 1.24 bits per heavy atom. The van der Waals surface area contributed by atoms with E-state index in [1.807, 2.05) is 6.07 Å². The maximum absolute atomic E-state index is 6.24. The lowest BCUT2D eigenvalue weighted by atomic mass is 9.88. The van der Waals surface area contributed by atoms with E-state index in [1.54, 1.807) is 12.1 Å². The average molecular weight is 297 g/mol. The maximum Gasteiger partial charge on any atom is 0.0469 e. The molecule has 1 aromatic rings. The van der Waals surface area contributed by atoms with Crippen LogP contribution in [-0.2, 0) is 4.74 Å². The molecule has 1 heterocycles. The highest BCUT2D eigenvalue weighted by Crippen LogP contribution is 2.33. The van der Waals surface area contributed by atoms with E-state index in [9.17, 15) is 0 Å². The van der Waals surface area contributed by atoms with Gasteiger partial charge in [0.1, 0.15) is 0 Å². The van der Waals surface area contributed by atoms with Crippen LogP contribution in [0.1, 0.15) is 24.4 Å². The van der Waals surface area contributed by atoms with Crippen molar-refractivity contribution in [2.45, 2.75) is 18.9 Å². The Balaban J connectivity index is 0.00000144. The third-order valence-electron chi connectivity index (χ3n) is 3.09. The Morgan fingerprint density at radius 3 is 2.53 bits per heavy atom. The van der Waals surface area contributed by atoms with Gasteiger partial charge in [-0.1, -0.05) is 23.2 Å². The topological polar surface area (TPSA) is 35.2 Å². The van der Waals surface area contributed by atoms with Crippen LogP contribution in [0.3, 0.4) is 0 Å². The van der Waals surface area contributed by atoms with E-state index >= 15 is 0 Å². The van der Waals surface area contributed by atoms with Crippen molar-refractivity contribution in [3.63, 3.8) is 0 Å². The summed E-state index contributed by atoms with van der Waals surface area (Å²) in [6, 6.07) is 5.40. The maximum atomic E-state index is 6.24. The van der Waals surface area contributed by atoms with Crippen LogP contribution in [0.5, 0.6) is 0 Å². The molecule has 0 amide bonds. The van der Waals surface area contributed by atoms with E-state index in [2.05, 4.69) is 0 Å². The van der Waals surface area contributed by atoms with Gasteiger partial charge < -0.3 is 10.5 Å². The molecule has 1 aliphatic rings. The van der Waals surface area contributed by atoms with Crippen LogP contribution in [0.2, 0.25) is 10.0 Å². The molecule has 96 valence electrons. The van der Waals surface area contributed by atoms with Gasteiger partial charge in [0, 0.05) is 29.3 Å². The lowest BCUT2D eigenvalue weighted by Crippen LogP contribution is -2.27. The summed E-state index contributed by atoms with van der Waals surface area (Å²) < 4.78 is 5.33. The molecule has 5 heteroatoms. The molecule has 0 saturated carbocycles. The highest BCUT2D eigenvalue weighted by atomic mass is 35.5. The highest BCUT2D eigenvalue weighted by Gasteiger charge is 2.23. The standard InChI is InChI=1S/C12H15Cl2NO.ClH/c13-9-1-2-11(14)10(7-9)12(15)8-3-5-16-6-4-8;/h1-2,7-8,12H,3-6,15H2;1H/t12-;/m1./s1. The van der Waals surface area contributed by atoms with Crippen LogP contribution in [-0.4, -0.2) is 13.2 Å². The summed E-state index contributed by atoms with van der Waals surface area (Å²) in [5, 5.41) is 1.38. The first-order chi connectivity index (χ1) is 7.68. The van der Waals surface area contributed by atoms with Crippen LogP contribution >= 0.6 is 35.6 Å². The predicted molar refractivity (Wildman–Crippen MR) is 74.2 cm³/mol. The molecule has 1 saturated heterocycles. The Bertz CT molecular complexity index is 367. The monoisotopic (exact) mass is 295 g/mol. The molecule has 0 aliphatic carbocycles. The Kier molecular flexibility index (Phi) is 6.04. The lowest BCUT2D eigenvalue weighted by molar-refractivity contribution is 0.0584. The van der Waals surface area contributed by atoms with Crippen molar-refractivity contribution in [1.29, 1.82) is 0 Å². The largest absolute Gasteiger partial charge is 0.381 e. The normalized spacial score (nSPS) is 18.5. The fourth-order valence-corrected chi connectivity index (χ4v) is 2.52. The summed E-state index contributed by atoms with van der Waals surface area (Å²) in [6.45, 7) is 1.58. The summed E-state index contributed by atoms with van der Waals surface area (Å²) >= 11 is 12.1. The Hall–Kier alpha value is 0.01000. The van der Waals surface area contributed by atoms with Gasteiger partial charge in [-0.15, -0.1) is 12.4 Å². The second-order valence-corrected chi connectivity index (χ2v) is 4.99. The Labute approximate surface area is 118 Å². The predicted octanol–water partition coefficient (Wildman–Crippen LogP) is 3.84. The summed E-state index contributed by atoms with van der Waals surface area (Å²) in [6.07, 6.45) is 1.98. The molecule has 2 rings (SSSR count). The molecular weight excluding hydrogens is 280 g/mol. The number of halogens is 3. The van der Waals surface area contributed by atoms with Crippen LogP contribution in [0, 0.1) is 5.92 Å².